The fourth-order valence-corrected chi connectivity index (χ4v) is 2.77. The first-order valence-electron chi connectivity index (χ1n) is 8.43. The Labute approximate surface area is 153 Å². The van der Waals surface area contributed by atoms with Gasteiger partial charge in [0, 0.05) is 5.56 Å². The van der Waals surface area contributed by atoms with Crippen molar-refractivity contribution in [2.45, 2.75) is 0 Å². The van der Waals surface area contributed by atoms with Gasteiger partial charge in [-0.3, -0.25) is 0 Å². The highest BCUT2D eigenvalue weighted by molar-refractivity contribution is 6.00. The molecule has 1 radical (unpaired) electrons. The van der Waals surface area contributed by atoms with Crippen LogP contribution in [0.5, 0.6) is 5.75 Å². The second kappa shape index (κ2) is 7.19. The highest BCUT2D eigenvalue weighted by Crippen LogP contribution is 2.23. The fraction of sp³-hybridized carbons (Fsp3) is 0.0952. The van der Waals surface area contributed by atoms with Crippen LogP contribution >= 0.6 is 0 Å². The Bertz CT molecular complexity index is 879. The summed E-state index contributed by atoms with van der Waals surface area (Å²) in [5.41, 5.74) is 7.74. The molecular formula is C21H19N4O. The standard InChI is InChI=1S/C21H19N4O/c1-26-20-14-12-17(13-15-20)21-22-24(18-8-4-2-5-9-18)16-25(23-21)19-10-6-3-7-11-19/h2-15H,16H2,1H3. The smallest absolute Gasteiger partial charge is 0.199 e. The van der Waals surface area contributed by atoms with Gasteiger partial charge >= 0.3 is 0 Å². The highest BCUT2D eigenvalue weighted by atomic mass is 16.5. The first-order valence-corrected chi connectivity index (χ1v) is 8.43. The number of para-hydroxylation sites is 2. The molecule has 1 aliphatic heterocycles. The largest absolute Gasteiger partial charge is 0.497 e. The Hall–Kier alpha value is -3.47. The van der Waals surface area contributed by atoms with E-state index in [2.05, 4.69) is 0 Å². The van der Waals surface area contributed by atoms with Crippen molar-refractivity contribution in [2.24, 2.45) is 5.10 Å². The second-order valence-corrected chi connectivity index (χ2v) is 5.86. The molecule has 5 nitrogen and oxygen atoms in total. The molecule has 129 valence electrons. The summed E-state index contributed by atoms with van der Waals surface area (Å²) in [5, 5.41) is 8.67. The average molecular weight is 343 g/mol. The summed E-state index contributed by atoms with van der Waals surface area (Å²) < 4.78 is 5.25. The molecule has 0 aromatic heterocycles. The Morgan fingerprint density at radius 3 is 1.88 bits per heavy atom. The van der Waals surface area contributed by atoms with Crippen molar-refractivity contribution < 1.29 is 4.74 Å². The minimum absolute atomic E-state index is 0.549. The predicted molar refractivity (Wildman–Crippen MR) is 104 cm³/mol. The molecule has 5 heteroatoms. The summed E-state index contributed by atoms with van der Waals surface area (Å²) in [6.07, 6.45) is 0. The van der Waals surface area contributed by atoms with Gasteiger partial charge in [-0.25, -0.2) is 10.0 Å². The Kier molecular flexibility index (Phi) is 4.43. The summed E-state index contributed by atoms with van der Waals surface area (Å²) in [7, 11) is 1.66. The van der Waals surface area contributed by atoms with Crippen molar-refractivity contribution in [2.75, 3.05) is 23.8 Å². The van der Waals surface area contributed by atoms with Crippen LogP contribution in [0.3, 0.4) is 0 Å². The van der Waals surface area contributed by atoms with E-state index in [-0.39, 0.29) is 0 Å². The fourth-order valence-electron chi connectivity index (χ4n) is 2.77. The zero-order valence-electron chi connectivity index (χ0n) is 14.5. The zero-order valence-corrected chi connectivity index (χ0v) is 14.5. The molecule has 0 atom stereocenters. The minimum Gasteiger partial charge on any atom is -0.497 e. The van der Waals surface area contributed by atoms with Gasteiger partial charge in [0.1, 0.15) is 12.4 Å². The maximum atomic E-state index is 5.25. The third kappa shape index (κ3) is 3.32. The lowest BCUT2D eigenvalue weighted by atomic mass is 10.2. The number of nitrogens with zero attached hydrogens (tertiary/aromatic N) is 4. The Morgan fingerprint density at radius 2 is 1.31 bits per heavy atom. The molecule has 3 aromatic carbocycles. The van der Waals surface area contributed by atoms with Gasteiger partial charge in [-0.1, -0.05) is 36.4 Å². The number of methoxy groups -OCH3 is 1. The van der Waals surface area contributed by atoms with Gasteiger partial charge in [0.15, 0.2) is 5.84 Å². The molecule has 4 rings (SSSR count). The second-order valence-electron chi connectivity index (χ2n) is 5.86. The molecule has 0 amide bonds. The highest BCUT2D eigenvalue weighted by Gasteiger charge is 2.23. The minimum atomic E-state index is 0.549. The van der Waals surface area contributed by atoms with Crippen LogP contribution in [-0.2, 0) is 0 Å². The molecule has 3 aromatic rings. The molecular weight excluding hydrogens is 324 g/mol. The quantitative estimate of drug-likeness (QED) is 0.722. The van der Waals surface area contributed by atoms with E-state index in [1.807, 2.05) is 94.9 Å². The summed E-state index contributed by atoms with van der Waals surface area (Å²) >= 11 is 0. The van der Waals surface area contributed by atoms with Crippen LogP contribution in [0.4, 0.5) is 11.4 Å². The van der Waals surface area contributed by atoms with Crippen LogP contribution < -0.4 is 20.2 Å². The molecule has 1 aliphatic rings. The van der Waals surface area contributed by atoms with Gasteiger partial charge in [0.25, 0.3) is 0 Å². The number of hydrazone groups is 1. The van der Waals surface area contributed by atoms with Crippen LogP contribution in [0.25, 0.3) is 0 Å². The monoisotopic (exact) mass is 343 g/mol. The molecule has 0 N–H and O–H groups in total. The molecule has 0 bridgehead atoms. The summed E-state index contributed by atoms with van der Waals surface area (Å²) in [5.74, 6) is 1.47. The molecule has 1 heterocycles. The normalized spacial score (nSPS) is 13.8. The van der Waals surface area contributed by atoms with Gasteiger partial charge < -0.3 is 4.74 Å². The van der Waals surface area contributed by atoms with Crippen molar-refractivity contribution in [1.29, 1.82) is 0 Å². The van der Waals surface area contributed by atoms with Crippen molar-refractivity contribution in [3.05, 3.63) is 90.5 Å². The van der Waals surface area contributed by atoms with Crippen molar-refractivity contribution in [3.8, 4) is 5.75 Å². The van der Waals surface area contributed by atoms with E-state index in [9.17, 15) is 0 Å². The molecule has 0 saturated heterocycles. The maximum absolute atomic E-state index is 5.25. The van der Waals surface area contributed by atoms with Crippen LogP contribution in [0.1, 0.15) is 5.56 Å². The summed E-state index contributed by atoms with van der Waals surface area (Å²) in [4.78, 5) is 0. The van der Waals surface area contributed by atoms with E-state index in [1.54, 1.807) is 7.11 Å². The van der Waals surface area contributed by atoms with Crippen molar-refractivity contribution in [3.63, 3.8) is 0 Å². The summed E-state index contributed by atoms with van der Waals surface area (Å²) in [6.45, 7) is 0.549. The lowest BCUT2D eigenvalue weighted by molar-refractivity contribution is 0.415. The van der Waals surface area contributed by atoms with E-state index in [0.717, 1.165) is 22.7 Å². The van der Waals surface area contributed by atoms with E-state index in [0.29, 0.717) is 12.5 Å². The number of anilines is 2. The maximum Gasteiger partial charge on any atom is 0.199 e. The van der Waals surface area contributed by atoms with E-state index in [1.165, 1.54) is 0 Å². The lowest BCUT2D eigenvalue weighted by Crippen LogP contribution is -2.48. The topological polar surface area (TPSA) is 42.2 Å². The number of hydrogen-bond acceptors (Lipinski definition) is 4. The first-order chi connectivity index (χ1) is 12.8. The first kappa shape index (κ1) is 16.0. The number of ether oxygens (including phenoxy) is 1. The third-order valence-corrected chi connectivity index (χ3v) is 4.16. The van der Waals surface area contributed by atoms with Gasteiger partial charge in [-0.15, -0.1) is 10.5 Å². The lowest BCUT2D eigenvalue weighted by Gasteiger charge is -2.34. The number of benzene rings is 3. The van der Waals surface area contributed by atoms with Gasteiger partial charge in [0.05, 0.1) is 18.5 Å². The molecule has 26 heavy (non-hydrogen) atoms. The molecule has 0 unspecified atom stereocenters. The number of amidine groups is 1. The van der Waals surface area contributed by atoms with Crippen LogP contribution in [0.2, 0.25) is 0 Å². The van der Waals surface area contributed by atoms with E-state index < -0.39 is 0 Å². The molecule has 0 spiro atoms. The number of hydrogen-bond donors (Lipinski definition) is 0. The average Bonchev–Trinajstić information content (AvgIpc) is 2.75. The zero-order chi connectivity index (χ0) is 17.8. The predicted octanol–water partition coefficient (Wildman–Crippen LogP) is 3.86. The summed E-state index contributed by atoms with van der Waals surface area (Å²) in [6, 6.07) is 28.0. The SMILES string of the molecule is COc1ccc(C2=NN(c3ccccc3)CN(c3ccccc3)[N]2)cc1. The Balaban J connectivity index is 1.71. The van der Waals surface area contributed by atoms with Crippen LogP contribution in [0.15, 0.2) is 90.0 Å². The molecule has 0 saturated carbocycles. The van der Waals surface area contributed by atoms with E-state index >= 15 is 0 Å². The van der Waals surface area contributed by atoms with Gasteiger partial charge in [-0.2, -0.15) is 0 Å². The van der Waals surface area contributed by atoms with Crippen LogP contribution in [-0.4, -0.2) is 19.6 Å². The van der Waals surface area contributed by atoms with Crippen LogP contribution in [0, 0.1) is 0 Å². The van der Waals surface area contributed by atoms with Crippen molar-refractivity contribution >= 4 is 17.2 Å². The van der Waals surface area contributed by atoms with E-state index in [4.69, 9.17) is 15.3 Å². The molecule has 0 aliphatic carbocycles. The number of rotatable bonds is 4. The Morgan fingerprint density at radius 1 is 0.731 bits per heavy atom. The molecule has 0 fully saturated rings. The van der Waals surface area contributed by atoms with Gasteiger partial charge in [-0.05, 0) is 48.5 Å². The third-order valence-electron chi connectivity index (χ3n) is 4.16. The van der Waals surface area contributed by atoms with Gasteiger partial charge in [0.2, 0.25) is 0 Å². The van der Waals surface area contributed by atoms with Crippen molar-refractivity contribution in [1.82, 2.24) is 5.43 Å².